The van der Waals surface area contributed by atoms with Crippen LogP contribution in [0.3, 0.4) is 0 Å². The molecule has 1 heterocycles. The molecule has 1 amide bonds. The van der Waals surface area contributed by atoms with E-state index >= 15 is 0 Å². The van der Waals surface area contributed by atoms with E-state index in [4.69, 9.17) is 10.6 Å². The number of benzene rings is 1. The van der Waals surface area contributed by atoms with Gasteiger partial charge in [0.1, 0.15) is 6.61 Å². The second-order valence-electron chi connectivity index (χ2n) is 5.13. The zero-order chi connectivity index (χ0) is 14.2. The second kappa shape index (κ2) is 7.87. The Hall–Kier alpha value is -1.59. The Morgan fingerprint density at radius 3 is 2.60 bits per heavy atom. The maximum Gasteiger partial charge on any atom is 0.410 e. The fourth-order valence-corrected chi connectivity index (χ4v) is 2.45. The fourth-order valence-electron chi connectivity index (χ4n) is 2.45. The largest absolute Gasteiger partial charge is 0.445 e. The van der Waals surface area contributed by atoms with Crippen LogP contribution in [0.25, 0.3) is 0 Å². The Morgan fingerprint density at radius 1 is 1.25 bits per heavy atom. The Labute approximate surface area is 119 Å². The van der Waals surface area contributed by atoms with E-state index < -0.39 is 0 Å². The van der Waals surface area contributed by atoms with Gasteiger partial charge in [-0.2, -0.15) is 0 Å². The van der Waals surface area contributed by atoms with E-state index in [1.54, 1.807) is 4.90 Å². The number of nitrogens with two attached hydrogens (primary N) is 1. The van der Waals surface area contributed by atoms with Crippen molar-refractivity contribution in [3.8, 4) is 0 Å². The molecular weight excluding hydrogens is 256 g/mol. The minimum absolute atomic E-state index is 0.220. The summed E-state index contributed by atoms with van der Waals surface area (Å²) >= 11 is 0. The van der Waals surface area contributed by atoms with Crippen molar-refractivity contribution in [2.75, 3.05) is 19.7 Å². The van der Waals surface area contributed by atoms with Crippen molar-refractivity contribution in [3.05, 3.63) is 35.9 Å². The van der Waals surface area contributed by atoms with E-state index in [9.17, 15) is 4.79 Å². The van der Waals surface area contributed by atoms with Crippen LogP contribution in [0.2, 0.25) is 0 Å². The van der Waals surface area contributed by atoms with Gasteiger partial charge in [-0.3, -0.25) is 0 Å². The van der Waals surface area contributed by atoms with E-state index in [1.165, 1.54) is 0 Å². The third-order valence-electron chi connectivity index (χ3n) is 3.72. The highest BCUT2D eigenvalue weighted by Gasteiger charge is 2.23. The molecule has 1 aliphatic rings. The molecule has 2 N–H and O–H groups in total. The lowest BCUT2D eigenvalue weighted by Crippen LogP contribution is -2.39. The van der Waals surface area contributed by atoms with E-state index in [-0.39, 0.29) is 6.09 Å². The highest BCUT2D eigenvalue weighted by atomic mass is 16.6. The van der Waals surface area contributed by atoms with Gasteiger partial charge in [-0.1, -0.05) is 30.3 Å². The van der Waals surface area contributed by atoms with Crippen LogP contribution in [-0.4, -0.2) is 30.7 Å². The van der Waals surface area contributed by atoms with Crippen molar-refractivity contribution in [2.45, 2.75) is 25.9 Å². The van der Waals surface area contributed by atoms with Gasteiger partial charge in [0, 0.05) is 13.1 Å². The predicted molar refractivity (Wildman–Crippen MR) is 75.7 cm³/mol. The number of hydrogen-bond donors (Lipinski definition) is 1. The lowest BCUT2D eigenvalue weighted by Gasteiger charge is -2.31. The molecule has 0 bridgehead atoms. The van der Waals surface area contributed by atoms with Crippen LogP contribution < -0.4 is 5.90 Å². The summed E-state index contributed by atoms with van der Waals surface area (Å²) in [6, 6.07) is 9.72. The number of carbonyl (C=O) groups is 1. The molecular formula is C15H22N2O3. The smallest absolute Gasteiger partial charge is 0.410 e. The number of ether oxygens (including phenoxy) is 1. The van der Waals surface area contributed by atoms with Crippen LogP contribution in [0.1, 0.15) is 24.8 Å². The number of nitrogens with zero attached hydrogens (tertiary/aromatic N) is 1. The zero-order valence-electron chi connectivity index (χ0n) is 11.7. The number of likely N-dealkylation sites (tertiary alicyclic amines) is 1. The maximum atomic E-state index is 12.0. The van der Waals surface area contributed by atoms with Gasteiger partial charge in [-0.25, -0.2) is 10.7 Å². The third kappa shape index (κ3) is 4.51. The van der Waals surface area contributed by atoms with E-state index in [0.717, 1.165) is 37.9 Å². The first-order chi connectivity index (χ1) is 9.79. The molecule has 0 aromatic heterocycles. The topological polar surface area (TPSA) is 64.8 Å². The average Bonchev–Trinajstić information content (AvgIpc) is 2.52. The zero-order valence-corrected chi connectivity index (χ0v) is 11.7. The molecule has 1 aromatic carbocycles. The molecule has 20 heavy (non-hydrogen) atoms. The summed E-state index contributed by atoms with van der Waals surface area (Å²) in [6.07, 6.45) is 2.72. The molecule has 1 aromatic rings. The fraction of sp³-hybridized carbons (Fsp3) is 0.533. The van der Waals surface area contributed by atoms with Gasteiger partial charge < -0.3 is 14.5 Å². The van der Waals surface area contributed by atoms with Crippen molar-refractivity contribution >= 4 is 6.09 Å². The molecule has 0 atom stereocenters. The first kappa shape index (κ1) is 14.8. The first-order valence-corrected chi connectivity index (χ1v) is 7.07. The monoisotopic (exact) mass is 278 g/mol. The standard InChI is InChI=1S/C15H22N2O3/c16-20-11-8-13-6-9-17(10-7-13)15(18)19-12-14-4-2-1-3-5-14/h1-5,13H,6-12,16H2. The lowest BCUT2D eigenvalue weighted by molar-refractivity contribution is 0.0731. The van der Waals surface area contributed by atoms with Crippen LogP contribution in [0.4, 0.5) is 4.79 Å². The molecule has 110 valence electrons. The average molecular weight is 278 g/mol. The molecule has 0 saturated carbocycles. The Morgan fingerprint density at radius 2 is 1.95 bits per heavy atom. The van der Waals surface area contributed by atoms with Crippen molar-refractivity contribution in [1.82, 2.24) is 4.90 Å². The summed E-state index contributed by atoms with van der Waals surface area (Å²) in [7, 11) is 0. The number of hydrogen-bond acceptors (Lipinski definition) is 4. The summed E-state index contributed by atoms with van der Waals surface area (Å²) in [5.74, 6) is 5.63. The summed E-state index contributed by atoms with van der Waals surface area (Å²) in [4.78, 5) is 18.3. The summed E-state index contributed by atoms with van der Waals surface area (Å²) in [5, 5.41) is 0. The Bertz CT molecular complexity index is 403. The number of carbonyl (C=O) groups excluding carboxylic acids is 1. The second-order valence-corrected chi connectivity index (χ2v) is 5.13. The molecule has 1 saturated heterocycles. The minimum atomic E-state index is -0.220. The van der Waals surface area contributed by atoms with Crippen LogP contribution in [-0.2, 0) is 16.2 Å². The number of rotatable bonds is 5. The van der Waals surface area contributed by atoms with Gasteiger partial charge in [0.25, 0.3) is 0 Å². The van der Waals surface area contributed by atoms with Crippen molar-refractivity contribution in [3.63, 3.8) is 0 Å². The number of piperidine rings is 1. The quantitative estimate of drug-likeness (QED) is 0.839. The maximum absolute atomic E-state index is 12.0. The van der Waals surface area contributed by atoms with Crippen LogP contribution in [0.5, 0.6) is 0 Å². The third-order valence-corrected chi connectivity index (χ3v) is 3.72. The minimum Gasteiger partial charge on any atom is -0.445 e. The summed E-state index contributed by atoms with van der Waals surface area (Å²) in [6.45, 7) is 2.43. The number of amides is 1. The summed E-state index contributed by atoms with van der Waals surface area (Å²) < 4.78 is 5.33. The lowest BCUT2D eigenvalue weighted by atomic mass is 9.94. The van der Waals surface area contributed by atoms with Crippen LogP contribution in [0.15, 0.2) is 30.3 Å². The molecule has 2 rings (SSSR count). The van der Waals surface area contributed by atoms with Crippen molar-refractivity contribution < 1.29 is 14.4 Å². The predicted octanol–water partition coefficient (Wildman–Crippen LogP) is 2.32. The highest BCUT2D eigenvalue weighted by molar-refractivity contribution is 5.67. The van der Waals surface area contributed by atoms with Gasteiger partial charge in [0.05, 0.1) is 6.61 Å². The first-order valence-electron chi connectivity index (χ1n) is 7.07. The van der Waals surface area contributed by atoms with Gasteiger partial charge >= 0.3 is 6.09 Å². The normalized spacial score (nSPS) is 16.1. The van der Waals surface area contributed by atoms with E-state index in [2.05, 4.69) is 4.84 Å². The SMILES string of the molecule is NOCCC1CCN(C(=O)OCc2ccccc2)CC1. The molecule has 0 aliphatic carbocycles. The molecule has 5 heteroatoms. The van der Waals surface area contributed by atoms with Crippen molar-refractivity contribution in [1.29, 1.82) is 0 Å². The van der Waals surface area contributed by atoms with Gasteiger partial charge in [0.15, 0.2) is 0 Å². The molecule has 1 fully saturated rings. The van der Waals surface area contributed by atoms with Crippen LogP contribution in [0, 0.1) is 5.92 Å². The molecule has 1 aliphatic heterocycles. The van der Waals surface area contributed by atoms with Crippen LogP contribution >= 0.6 is 0 Å². The van der Waals surface area contributed by atoms with Crippen molar-refractivity contribution in [2.24, 2.45) is 11.8 Å². The van der Waals surface area contributed by atoms with E-state index in [1.807, 2.05) is 30.3 Å². The summed E-state index contributed by atoms with van der Waals surface area (Å²) in [5.41, 5.74) is 1.01. The highest BCUT2D eigenvalue weighted by Crippen LogP contribution is 2.21. The van der Waals surface area contributed by atoms with Gasteiger partial charge in [-0.05, 0) is 30.7 Å². The molecule has 5 nitrogen and oxygen atoms in total. The van der Waals surface area contributed by atoms with Gasteiger partial charge in [-0.15, -0.1) is 0 Å². The molecule has 0 radical (unpaired) electrons. The Balaban J connectivity index is 1.69. The van der Waals surface area contributed by atoms with E-state index in [0.29, 0.717) is 19.1 Å². The Kier molecular flexibility index (Phi) is 5.83. The molecule has 0 unspecified atom stereocenters. The molecule has 0 spiro atoms. The van der Waals surface area contributed by atoms with Gasteiger partial charge in [0.2, 0.25) is 0 Å².